The largest absolute Gasteiger partial charge is 0.378 e. The zero-order valence-electron chi connectivity index (χ0n) is 11.3. The van der Waals surface area contributed by atoms with Crippen LogP contribution in [0.3, 0.4) is 0 Å². The Morgan fingerprint density at radius 3 is 2.71 bits per heavy atom. The van der Waals surface area contributed by atoms with Crippen LogP contribution in [-0.2, 0) is 9.53 Å². The number of rotatable bonds is 5. The van der Waals surface area contributed by atoms with Crippen LogP contribution in [0, 0.1) is 0 Å². The lowest BCUT2D eigenvalue weighted by atomic mass is 10.1. The highest BCUT2D eigenvalue weighted by molar-refractivity contribution is 5.78. The molecule has 2 N–H and O–H groups in total. The van der Waals surface area contributed by atoms with Crippen LogP contribution in [0.4, 0.5) is 0 Å². The van der Waals surface area contributed by atoms with Crippen molar-refractivity contribution in [2.45, 2.75) is 58.1 Å². The van der Waals surface area contributed by atoms with Gasteiger partial charge >= 0.3 is 0 Å². The molecule has 0 aromatic rings. The lowest BCUT2D eigenvalue weighted by Crippen LogP contribution is -2.43. The lowest BCUT2D eigenvalue weighted by Gasteiger charge is -2.23. The summed E-state index contributed by atoms with van der Waals surface area (Å²) in [5, 5.41) is 6.09. The molecule has 0 bridgehead atoms. The van der Waals surface area contributed by atoms with E-state index in [4.69, 9.17) is 4.74 Å². The molecule has 100 valence electrons. The van der Waals surface area contributed by atoms with Gasteiger partial charge < -0.3 is 15.4 Å². The Morgan fingerprint density at radius 2 is 2.12 bits per heavy atom. The fourth-order valence-corrected chi connectivity index (χ4v) is 1.82. The van der Waals surface area contributed by atoms with E-state index in [-0.39, 0.29) is 11.4 Å². The Bertz CT molecular complexity index is 230. The minimum absolute atomic E-state index is 0.0101. The van der Waals surface area contributed by atoms with Crippen LogP contribution in [0.5, 0.6) is 0 Å². The molecule has 1 atom stereocenters. The number of hydrogen-bond acceptors (Lipinski definition) is 3. The molecule has 1 heterocycles. The summed E-state index contributed by atoms with van der Waals surface area (Å²) in [7, 11) is 0. The van der Waals surface area contributed by atoms with Gasteiger partial charge in [0.2, 0.25) is 5.91 Å². The maximum atomic E-state index is 11.5. The second-order valence-corrected chi connectivity index (χ2v) is 5.73. The molecule has 1 aliphatic rings. The smallest absolute Gasteiger partial charge is 0.233 e. The molecule has 1 amide bonds. The maximum absolute atomic E-state index is 11.5. The molecule has 0 aliphatic carbocycles. The van der Waals surface area contributed by atoms with Gasteiger partial charge in [0.05, 0.1) is 12.6 Å². The molecular formula is C13H26N2O2. The Balaban J connectivity index is 2.03. The van der Waals surface area contributed by atoms with Gasteiger partial charge in [0.15, 0.2) is 0 Å². The molecule has 17 heavy (non-hydrogen) atoms. The molecule has 0 aromatic heterocycles. The van der Waals surface area contributed by atoms with E-state index < -0.39 is 0 Å². The Labute approximate surface area is 104 Å². The number of nitrogens with one attached hydrogen (secondary N) is 2. The molecule has 4 heteroatoms. The third kappa shape index (κ3) is 7.34. The summed E-state index contributed by atoms with van der Waals surface area (Å²) >= 11 is 0. The Morgan fingerprint density at radius 1 is 1.35 bits per heavy atom. The van der Waals surface area contributed by atoms with E-state index in [1.807, 2.05) is 0 Å². The zero-order chi connectivity index (χ0) is 12.7. The van der Waals surface area contributed by atoms with Crippen molar-refractivity contribution in [3.05, 3.63) is 0 Å². The lowest BCUT2D eigenvalue weighted by molar-refractivity contribution is -0.120. The molecule has 0 radical (unpaired) electrons. The summed E-state index contributed by atoms with van der Waals surface area (Å²) in [6, 6.07) is 0. The van der Waals surface area contributed by atoms with Crippen molar-refractivity contribution >= 4 is 5.91 Å². The van der Waals surface area contributed by atoms with E-state index in [1.54, 1.807) is 0 Å². The van der Waals surface area contributed by atoms with Crippen LogP contribution in [-0.4, -0.2) is 37.2 Å². The van der Waals surface area contributed by atoms with E-state index >= 15 is 0 Å². The highest BCUT2D eigenvalue weighted by atomic mass is 16.5. The standard InChI is InChI=1S/C13H26N2O2/c1-13(2,3)15-10-12(16)14-8-7-11-6-4-5-9-17-11/h11,15H,4-10H2,1-3H3,(H,14,16). The first-order valence-electron chi connectivity index (χ1n) is 6.61. The van der Waals surface area contributed by atoms with Gasteiger partial charge in [0.1, 0.15) is 0 Å². The zero-order valence-corrected chi connectivity index (χ0v) is 11.3. The molecular weight excluding hydrogens is 216 g/mol. The first-order chi connectivity index (χ1) is 7.97. The molecule has 0 saturated carbocycles. The summed E-state index contributed by atoms with van der Waals surface area (Å²) in [6.07, 6.45) is 4.85. The van der Waals surface area contributed by atoms with Crippen molar-refractivity contribution in [3.63, 3.8) is 0 Å². The van der Waals surface area contributed by atoms with Crippen LogP contribution < -0.4 is 10.6 Å². The van der Waals surface area contributed by atoms with Gasteiger partial charge in [-0.15, -0.1) is 0 Å². The number of carbonyl (C=O) groups excluding carboxylic acids is 1. The van der Waals surface area contributed by atoms with Gasteiger partial charge in [-0.25, -0.2) is 0 Å². The highest BCUT2D eigenvalue weighted by Crippen LogP contribution is 2.14. The minimum Gasteiger partial charge on any atom is -0.378 e. The Hall–Kier alpha value is -0.610. The van der Waals surface area contributed by atoms with Crippen molar-refractivity contribution in [2.75, 3.05) is 19.7 Å². The monoisotopic (exact) mass is 242 g/mol. The van der Waals surface area contributed by atoms with E-state index in [1.165, 1.54) is 12.8 Å². The van der Waals surface area contributed by atoms with Crippen LogP contribution >= 0.6 is 0 Å². The van der Waals surface area contributed by atoms with Crippen molar-refractivity contribution in [3.8, 4) is 0 Å². The average Bonchev–Trinajstić information content (AvgIpc) is 2.27. The van der Waals surface area contributed by atoms with E-state index in [2.05, 4.69) is 31.4 Å². The van der Waals surface area contributed by atoms with Crippen LogP contribution in [0.25, 0.3) is 0 Å². The second kappa shape index (κ2) is 6.97. The first kappa shape index (κ1) is 14.5. The number of amides is 1. The van der Waals surface area contributed by atoms with Gasteiger partial charge in [-0.3, -0.25) is 4.79 Å². The predicted octanol–water partition coefficient (Wildman–Crippen LogP) is 1.45. The van der Waals surface area contributed by atoms with Gasteiger partial charge in [-0.2, -0.15) is 0 Å². The maximum Gasteiger partial charge on any atom is 0.233 e. The third-order valence-corrected chi connectivity index (χ3v) is 2.84. The van der Waals surface area contributed by atoms with Crippen molar-refractivity contribution in [1.29, 1.82) is 0 Å². The van der Waals surface area contributed by atoms with E-state index in [9.17, 15) is 4.79 Å². The third-order valence-electron chi connectivity index (χ3n) is 2.84. The normalized spacial score (nSPS) is 21.2. The summed E-state index contributed by atoms with van der Waals surface area (Å²) < 4.78 is 5.61. The SMILES string of the molecule is CC(C)(C)NCC(=O)NCCC1CCCCO1. The number of ether oxygens (including phenoxy) is 1. The molecule has 1 aliphatic heterocycles. The summed E-state index contributed by atoms with van der Waals surface area (Å²) in [5.41, 5.74) is -0.0101. The first-order valence-corrected chi connectivity index (χ1v) is 6.61. The van der Waals surface area contributed by atoms with Crippen molar-refractivity contribution in [2.24, 2.45) is 0 Å². The van der Waals surface area contributed by atoms with Crippen molar-refractivity contribution < 1.29 is 9.53 Å². The van der Waals surface area contributed by atoms with E-state index in [0.29, 0.717) is 12.6 Å². The Kier molecular flexibility index (Phi) is 5.92. The second-order valence-electron chi connectivity index (χ2n) is 5.73. The average molecular weight is 242 g/mol. The van der Waals surface area contributed by atoms with Gasteiger partial charge in [-0.05, 0) is 46.5 Å². The summed E-state index contributed by atoms with van der Waals surface area (Å²) in [4.78, 5) is 11.5. The number of carbonyl (C=O) groups is 1. The molecule has 4 nitrogen and oxygen atoms in total. The minimum atomic E-state index is -0.0101. The predicted molar refractivity (Wildman–Crippen MR) is 69.0 cm³/mol. The van der Waals surface area contributed by atoms with Crippen molar-refractivity contribution in [1.82, 2.24) is 10.6 Å². The fraction of sp³-hybridized carbons (Fsp3) is 0.923. The molecule has 0 spiro atoms. The summed E-state index contributed by atoms with van der Waals surface area (Å²) in [5.74, 6) is 0.0655. The quantitative estimate of drug-likeness (QED) is 0.767. The van der Waals surface area contributed by atoms with Gasteiger partial charge in [-0.1, -0.05) is 0 Å². The van der Waals surface area contributed by atoms with Gasteiger partial charge in [0, 0.05) is 18.7 Å². The van der Waals surface area contributed by atoms with Crippen LogP contribution in [0.2, 0.25) is 0 Å². The topological polar surface area (TPSA) is 50.4 Å². The fourth-order valence-electron chi connectivity index (χ4n) is 1.82. The van der Waals surface area contributed by atoms with Gasteiger partial charge in [0.25, 0.3) is 0 Å². The van der Waals surface area contributed by atoms with Crippen LogP contribution in [0.1, 0.15) is 46.5 Å². The molecule has 1 saturated heterocycles. The molecule has 0 aromatic carbocycles. The highest BCUT2D eigenvalue weighted by Gasteiger charge is 2.14. The molecule has 1 unspecified atom stereocenters. The number of hydrogen-bond donors (Lipinski definition) is 2. The summed E-state index contributed by atoms with van der Waals surface area (Å²) in [6.45, 7) is 8.14. The molecule has 1 rings (SSSR count). The molecule has 1 fully saturated rings. The van der Waals surface area contributed by atoms with Crippen LogP contribution in [0.15, 0.2) is 0 Å². The van der Waals surface area contributed by atoms with E-state index in [0.717, 1.165) is 26.0 Å².